The molecule has 0 bridgehead atoms. The van der Waals surface area contributed by atoms with Crippen LogP contribution in [0.3, 0.4) is 0 Å². The van der Waals surface area contributed by atoms with E-state index in [2.05, 4.69) is 5.10 Å². The maximum absolute atomic E-state index is 6.42. The molecular weight excluding hydrogens is 335 g/mol. The second kappa shape index (κ2) is 6.78. The number of halogens is 2. The molecule has 0 aliphatic rings. The molecule has 5 heteroatoms. The average molecular weight is 349 g/mol. The van der Waals surface area contributed by atoms with Gasteiger partial charge in [0.15, 0.2) is 0 Å². The second-order valence-electron chi connectivity index (χ2n) is 4.85. The summed E-state index contributed by atoms with van der Waals surface area (Å²) in [5, 5.41) is 5.97. The van der Waals surface area contributed by atoms with Crippen molar-refractivity contribution in [2.75, 3.05) is 0 Å². The highest BCUT2D eigenvalue weighted by Crippen LogP contribution is 2.34. The number of rotatable bonds is 4. The third-order valence-corrected chi connectivity index (χ3v) is 5.02. The number of hydrogen-bond acceptors (Lipinski definition) is 2. The van der Waals surface area contributed by atoms with Crippen LogP contribution in [0.1, 0.15) is 5.56 Å². The number of aromatic nitrogens is 2. The first-order valence-corrected chi connectivity index (χ1v) is 8.54. The second-order valence-corrected chi connectivity index (χ2v) is 6.70. The molecule has 1 aromatic heterocycles. The van der Waals surface area contributed by atoms with E-state index in [1.807, 2.05) is 61.6 Å². The zero-order valence-electron chi connectivity index (χ0n) is 12.0. The molecule has 0 atom stereocenters. The highest BCUT2D eigenvalue weighted by molar-refractivity contribution is 7.98. The van der Waals surface area contributed by atoms with Gasteiger partial charge >= 0.3 is 0 Å². The summed E-state index contributed by atoms with van der Waals surface area (Å²) in [5.74, 6) is 0.747. The van der Waals surface area contributed by atoms with Crippen LogP contribution in [-0.4, -0.2) is 9.78 Å². The van der Waals surface area contributed by atoms with Crippen molar-refractivity contribution in [2.24, 2.45) is 7.05 Å². The number of benzene rings is 2. The van der Waals surface area contributed by atoms with Gasteiger partial charge in [-0.25, -0.2) is 0 Å². The molecule has 0 spiro atoms. The molecule has 0 aliphatic heterocycles. The van der Waals surface area contributed by atoms with Crippen LogP contribution in [-0.2, 0) is 12.8 Å². The van der Waals surface area contributed by atoms with Crippen LogP contribution in [0, 0.1) is 0 Å². The Hall–Kier alpha value is -1.42. The van der Waals surface area contributed by atoms with Gasteiger partial charge in [-0.2, -0.15) is 5.10 Å². The molecule has 0 saturated heterocycles. The summed E-state index contributed by atoms with van der Waals surface area (Å²) in [4.78, 5) is 1.12. The molecule has 3 aromatic rings. The minimum atomic E-state index is 0.674. The van der Waals surface area contributed by atoms with Gasteiger partial charge in [0.05, 0.1) is 5.69 Å². The summed E-state index contributed by atoms with van der Waals surface area (Å²) < 4.78 is 1.72. The zero-order chi connectivity index (χ0) is 15.5. The van der Waals surface area contributed by atoms with Crippen molar-refractivity contribution in [1.29, 1.82) is 0 Å². The van der Waals surface area contributed by atoms with Crippen LogP contribution in [0.25, 0.3) is 11.3 Å². The van der Waals surface area contributed by atoms with Gasteiger partial charge < -0.3 is 0 Å². The Labute approximate surface area is 144 Å². The highest BCUT2D eigenvalue weighted by atomic mass is 35.5. The van der Waals surface area contributed by atoms with Gasteiger partial charge in [-0.15, -0.1) is 11.8 Å². The standard InChI is InChI=1S/C17H14Cl2N2S/c1-21-17(19)15(11-22-14-9-5-8-13(18)10-14)16(20-21)12-6-3-2-4-7-12/h2-10H,11H2,1H3. The molecule has 22 heavy (non-hydrogen) atoms. The maximum atomic E-state index is 6.42. The molecule has 2 nitrogen and oxygen atoms in total. The van der Waals surface area contributed by atoms with Crippen molar-refractivity contribution in [3.05, 3.63) is 70.3 Å². The van der Waals surface area contributed by atoms with Crippen LogP contribution < -0.4 is 0 Å². The van der Waals surface area contributed by atoms with Gasteiger partial charge in [-0.05, 0) is 18.2 Å². The van der Waals surface area contributed by atoms with Gasteiger partial charge in [0.1, 0.15) is 5.15 Å². The summed E-state index contributed by atoms with van der Waals surface area (Å²) >= 11 is 14.2. The van der Waals surface area contributed by atoms with Crippen molar-refractivity contribution < 1.29 is 0 Å². The predicted octanol–water partition coefficient (Wildman–Crippen LogP) is 5.69. The smallest absolute Gasteiger partial charge is 0.131 e. The van der Waals surface area contributed by atoms with Crippen molar-refractivity contribution in [2.45, 2.75) is 10.6 Å². The van der Waals surface area contributed by atoms with Crippen LogP contribution in [0.15, 0.2) is 59.5 Å². The van der Waals surface area contributed by atoms with Crippen molar-refractivity contribution in [3.63, 3.8) is 0 Å². The number of aryl methyl sites for hydroxylation is 1. The molecule has 3 rings (SSSR count). The van der Waals surface area contributed by atoms with Crippen molar-refractivity contribution in [3.8, 4) is 11.3 Å². The predicted molar refractivity (Wildman–Crippen MR) is 94.7 cm³/mol. The summed E-state index contributed by atoms with van der Waals surface area (Å²) in [6, 6.07) is 17.9. The van der Waals surface area contributed by atoms with E-state index in [4.69, 9.17) is 23.2 Å². The lowest BCUT2D eigenvalue weighted by Crippen LogP contribution is -1.89. The minimum Gasteiger partial charge on any atom is -0.256 e. The Bertz CT molecular complexity index is 785. The Morgan fingerprint density at radius 3 is 2.55 bits per heavy atom. The molecule has 0 unspecified atom stereocenters. The lowest BCUT2D eigenvalue weighted by Gasteiger charge is -2.04. The molecule has 0 fully saturated rings. The van der Waals surface area contributed by atoms with E-state index < -0.39 is 0 Å². The van der Waals surface area contributed by atoms with Crippen LogP contribution in [0.4, 0.5) is 0 Å². The SMILES string of the molecule is Cn1nc(-c2ccccc2)c(CSc2cccc(Cl)c2)c1Cl. The Balaban J connectivity index is 1.90. The largest absolute Gasteiger partial charge is 0.256 e. The van der Waals surface area contributed by atoms with E-state index in [0.717, 1.165) is 32.5 Å². The minimum absolute atomic E-state index is 0.674. The number of thioether (sulfide) groups is 1. The summed E-state index contributed by atoms with van der Waals surface area (Å²) in [6.07, 6.45) is 0. The van der Waals surface area contributed by atoms with E-state index in [9.17, 15) is 0 Å². The average Bonchev–Trinajstić information content (AvgIpc) is 2.82. The number of hydrogen-bond donors (Lipinski definition) is 0. The first-order valence-electron chi connectivity index (χ1n) is 6.80. The van der Waals surface area contributed by atoms with Gasteiger partial charge in [-0.1, -0.05) is 59.6 Å². The van der Waals surface area contributed by atoms with E-state index >= 15 is 0 Å². The fourth-order valence-electron chi connectivity index (χ4n) is 2.22. The first-order chi connectivity index (χ1) is 10.6. The van der Waals surface area contributed by atoms with Crippen LogP contribution in [0.5, 0.6) is 0 Å². The van der Waals surface area contributed by atoms with Gasteiger partial charge in [0, 0.05) is 33.8 Å². The molecular formula is C17H14Cl2N2S. The third-order valence-electron chi connectivity index (χ3n) is 3.30. The Kier molecular flexibility index (Phi) is 4.77. The monoisotopic (exact) mass is 348 g/mol. The summed E-state index contributed by atoms with van der Waals surface area (Å²) in [5.41, 5.74) is 3.05. The van der Waals surface area contributed by atoms with E-state index in [1.54, 1.807) is 16.4 Å². The fourth-order valence-corrected chi connectivity index (χ4v) is 3.71. The van der Waals surface area contributed by atoms with Crippen molar-refractivity contribution >= 4 is 35.0 Å². The van der Waals surface area contributed by atoms with Gasteiger partial charge in [-0.3, -0.25) is 4.68 Å². The molecule has 0 aliphatic carbocycles. The maximum Gasteiger partial charge on any atom is 0.131 e. The third kappa shape index (κ3) is 3.32. The lowest BCUT2D eigenvalue weighted by atomic mass is 10.1. The van der Waals surface area contributed by atoms with Crippen LogP contribution >= 0.6 is 35.0 Å². The molecule has 1 heterocycles. The normalized spacial score (nSPS) is 10.9. The molecule has 0 radical (unpaired) electrons. The van der Waals surface area contributed by atoms with Crippen LogP contribution in [0.2, 0.25) is 10.2 Å². The van der Waals surface area contributed by atoms with E-state index in [-0.39, 0.29) is 0 Å². The summed E-state index contributed by atoms with van der Waals surface area (Å²) in [7, 11) is 1.86. The lowest BCUT2D eigenvalue weighted by molar-refractivity contribution is 0.771. The number of nitrogens with zero attached hydrogens (tertiary/aromatic N) is 2. The molecule has 0 N–H and O–H groups in total. The molecule has 0 saturated carbocycles. The van der Waals surface area contributed by atoms with Crippen molar-refractivity contribution in [1.82, 2.24) is 9.78 Å². The Morgan fingerprint density at radius 2 is 1.82 bits per heavy atom. The Morgan fingerprint density at radius 1 is 1.05 bits per heavy atom. The van der Waals surface area contributed by atoms with E-state index in [1.165, 1.54) is 0 Å². The fraction of sp³-hybridized carbons (Fsp3) is 0.118. The quantitative estimate of drug-likeness (QED) is 0.564. The molecule has 0 amide bonds. The topological polar surface area (TPSA) is 17.8 Å². The molecule has 112 valence electrons. The van der Waals surface area contributed by atoms with Gasteiger partial charge in [0.25, 0.3) is 0 Å². The highest BCUT2D eigenvalue weighted by Gasteiger charge is 2.16. The zero-order valence-corrected chi connectivity index (χ0v) is 14.3. The van der Waals surface area contributed by atoms with Gasteiger partial charge in [0.2, 0.25) is 0 Å². The van der Waals surface area contributed by atoms with E-state index in [0.29, 0.717) is 5.15 Å². The first kappa shape index (κ1) is 15.5. The molecule has 2 aromatic carbocycles. The summed E-state index contributed by atoms with van der Waals surface area (Å²) in [6.45, 7) is 0.